The molecule has 0 saturated carbocycles. The molecule has 0 heterocycles. The summed E-state index contributed by atoms with van der Waals surface area (Å²) < 4.78 is 39.5. The van der Waals surface area contributed by atoms with Crippen LogP contribution in [0.4, 0.5) is 13.2 Å². The van der Waals surface area contributed by atoms with Crippen LogP contribution in [-0.4, -0.2) is 43.0 Å². The summed E-state index contributed by atoms with van der Waals surface area (Å²) in [5, 5.41) is 0. The Morgan fingerprint density at radius 3 is 1.94 bits per heavy atom. The fourth-order valence-corrected chi connectivity index (χ4v) is 2.12. The van der Waals surface area contributed by atoms with Gasteiger partial charge in [0.25, 0.3) is 0 Å². The van der Waals surface area contributed by atoms with Gasteiger partial charge in [-0.15, -0.1) is 13.2 Å². The first-order valence-electron chi connectivity index (χ1n) is 6.01. The molecule has 0 aromatic carbocycles. The zero-order valence-electron chi connectivity index (χ0n) is 10.8. The average Bonchev–Trinajstić information content (AvgIpc) is 2.28. The summed E-state index contributed by atoms with van der Waals surface area (Å²) in [7, 11) is 0. The number of hydrogen-bond donors (Lipinski definition) is 1. The van der Waals surface area contributed by atoms with E-state index in [4.69, 9.17) is 5.73 Å². The fraction of sp³-hybridized carbons (Fsp3) is 1.00. The number of likely N-dealkylation sites (N-methyl/N-ethyl adjacent to an activating group) is 1. The van der Waals surface area contributed by atoms with Crippen LogP contribution in [0.15, 0.2) is 0 Å². The Morgan fingerprint density at radius 1 is 1.12 bits per heavy atom. The minimum Gasteiger partial charge on any atom is -0.329 e. The van der Waals surface area contributed by atoms with E-state index in [2.05, 4.69) is 4.74 Å². The molecule has 0 saturated heterocycles. The van der Waals surface area contributed by atoms with Crippen LogP contribution in [-0.2, 0) is 4.74 Å². The molecular weight excluding hydrogens is 233 g/mol. The van der Waals surface area contributed by atoms with Crippen molar-refractivity contribution in [3.05, 3.63) is 0 Å². The normalized spacial score (nSPS) is 13.4. The molecular formula is C11H23F3N2O. The molecule has 2 N–H and O–H groups in total. The van der Waals surface area contributed by atoms with Gasteiger partial charge in [0.15, 0.2) is 0 Å². The lowest BCUT2D eigenvalue weighted by Crippen LogP contribution is -2.54. The Kier molecular flexibility index (Phi) is 7.04. The molecule has 0 radical (unpaired) electrons. The SMILES string of the molecule is CCN(CCOC(F)(F)F)C(CC)(CC)CN. The minimum absolute atomic E-state index is 0.219. The predicted octanol–water partition coefficient (Wildman–Crippen LogP) is 2.36. The lowest BCUT2D eigenvalue weighted by atomic mass is 9.90. The molecule has 0 aliphatic heterocycles. The van der Waals surface area contributed by atoms with Crippen LogP contribution in [0.2, 0.25) is 0 Å². The summed E-state index contributed by atoms with van der Waals surface area (Å²) in [6, 6.07) is 0. The highest BCUT2D eigenvalue weighted by Gasteiger charge is 2.33. The second-order valence-electron chi connectivity index (χ2n) is 4.01. The molecule has 6 heteroatoms. The third-order valence-corrected chi connectivity index (χ3v) is 3.38. The van der Waals surface area contributed by atoms with E-state index < -0.39 is 6.36 Å². The first kappa shape index (κ1) is 16.7. The zero-order chi connectivity index (χ0) is 13.5. The van der Waals surface area contributed by atoms with Crippen molar-refractivity contribution in [3.8, 4) is 0 Å². The quantitative estimate of drug-likeness (QED) is 0.724. The molecule has 0 aromatic rings. The number of nitrogens with zero attached hydrogens (tertiary/aromatic N) is 1. The lowest BCUT2D eigenvalue weighted by molar-refractivity contribution is -0.325. The summed E-state index contributed by atoms with van der Waals surface area (Å²) in [4.78, 5) is 1.97. The van der Waals surface area contributed by atoms with Crippen LogP contribution in [0.5, 0.6) is 0 Å². The van der Waals surface area contributed by atoms with E-state index in [0.29, 0.717) is 13.1 Å². The van der Waals surface area contributed by atoms with Crippen LogP contribution in [0.3, 0.4) is 0 Å². The molecule has 0 aliphatic carbocycles. The van der Waals surface area contributed by atoms with Crippen molar-refractivity contribution in [2.24, 2.45) is 5.73 Å². The van der Waals surface area contributed by atoms with Gasteiger partial charge in [0.2, 0.25) is 0 Å². The van der Waals surface area contributed by atoms with E-state index >= 15 is 0 Å². The van der Waals surface area contributed by atoms with Crippen LogP contribution in [0, 0.1) is 0 Å². The van der Waals surface area contributed by atoms with Gasteiger partial charge in [0, 0.05) is 18.6 Å². The van der Waals surface area contributed by atoms with Crippen molar-refractivity contribution >= 4 is 0 Å². The molecule has 0 atom stereocenters. The van der Waals surface area contributed by atoms with Gasteiger partial charge in [-0.2, -0.15) is 0 Å². The standard InChI is InChI=1S/C11H23F3N2O/c1-4-10(5-2,9-15)16(6-3)7-8-17-11(12,13)14/h4-9,15H2,1-3H3. The van der Waals surface area contributed by atoms with Crippen molar-refractivity contribution in [1.82, 2.24) is 4.90 Å². The van der Waals surface area contributed by atoms with E-state index in [1.807, 2.05) is 25.7 Å². The van der Waals surface area contributed by atoms with Crippen LogP contribution < -0.4 is 5.73 Å². The number of nitrogens with two attached hydrogens (primary N) is 1. The van der Waals surface area contributed by atoms with Gasteiger partial charge in [0.05, 0.1) is 6.61 Å². The number of rotatable bonds is 8. The first-order chi connectivity index (χ1) is 7.85. The smallest absolute Gasteiger partial charge is 0.329 e. The molecule has 0 spiro atoms. The fourth-order valence-electron chi connectivity index (χ4n) is 2.12. The highest BCUT2D eigenvalue weighted by atomic mass is 19.4. The maximum absolute atomic E-state index is 11.9. The molecule has 0 rings (SSSR count). The summed E-state index contributed by atoms with van der Waals surface area (Å²) >= 11 is 0. The molecule has 3 nitrogen and oxygen atoms in total. The summed E-state index contributed by atoms with van der Waals surface area (Å²) in [5.41, 5.74) is 5.54. The second kappa shape index (κ2) is 7.18. The third-order valence-electron chi connectivity index (χ3n) is 3.38. The zero-order valence-corrected chi connectivity index (χ0v) is 10.8. The molecule has 17 heavy (non-hydrogen) atoms. The van der Waals surface area contributed by atoms with Crippen molar-refractivity contribution in [2.75, 3.05) is 26.2 Å². The average molecular weight is 256 g/mol. The highest BCUT2D eigenvalue weighted by Crippen LogP contribution is 2.23. The van der Waals surface area contributed by atoms with Gasteiger partial charge in [-0.3, -0.25) is 9.64 Å². The van der Waals surface area contributed by atoms with E-state index in [1.165, 1.54) is 0 Å². The summed E-state index contributed by atoms with van der Waals surface area (Å²) in [5.74, 6) is 0. The Bertz CT molecular complexity index is 197. The number of halogens is 3. The van der Waals surface area contributed by atoms with E-state index in [0.717, 1.165) is 12.8 Å². The number of alkyl halides is 3. The topological polar surface area (TPSA) is 38.5 Å². The summed E-state index contributed by atoms with van der Waals surface area (Å²) in [6.45, 7) is 6.94. The van der Waals surface area contributed by atoms with Crippen molar-refractivity contribution in [2.45, 2.75) is 45.5 Å². The second-order valence-corrected chi connectivity index (χ2v) is 4.01. The van der Waals surface area contributed by atoms with Gasteiger partial charge < -0.3 is 5.73 Å². The van der Waals surface area contributed by atoms with Gasteiger partial charge >= 0.3 is 6.36 Å². The maximum Gasteiger partial charge on any atom is 0.522 e. The monoisotopic (exact) mass is 256 g/mol. The molecule has 0 bridgehead atoms. The van der Waals surface area contributed by atoms with Gasteiger partial charge in [-0.05, 0) is 19.4 Å². The Labute approximate surface area is 101 Å². The first-order valence-corrected chi connectivity index (χ1v) is 6.01. The summed E-state index contributed by atoms with van der Waals surface area (Å²) in [6.07, 6.45) is -2.91. The van der Waals surface area contributed by atoms with Gasteiger partial charge in [0.1, 0.15) is 0 Å². The minimum atomic E-state index is -4.55. The number of ether oxygens (including phenoxy) is 1. The lowest BCUT2D eigenvalue weighted by Gasteiger charge is -2.42. The predicted molar refractivity (Wildman–Crippen MR) is 61.6 cm³/mol. The van der Waals surface area contributed by atoms with E-state index in [1.54, 1.807) is 0 Å². The van der Waals surface area contributed by atoms with E-state index in [9.17, 15) is 13.2 Å². The molecule has 104 valence electrons. The van der Waals surface area contributed by atoms with Gasteiger partial charge in [-0.25, -0.2) is 0 Å². The Balaban J connectivity index is 4.40. The van der Waals surface area contributed by atoms with Crippen molar-refractivity contribution in [3.63, 3.8) is 0 Å². The van der Waals surface area contributed by atoms with Crippen molar-refractivity contribution in [1.29, 1.82) is 0 Å². The van der Waals surface area contributed by atoms with Crippen LogP contribution >= 0.6 is 0 Å². The van der Waals surface area contributed by atoms with Gasteiger partial charge in [-0.1, -0.05) is 20.8 Å². The molecule has 0 aromatic heterocycles. The number of hydrogen-bond acceptors (Lipinski definition) is 3. The maximum atomic E-state index is 11.9. The van der Waals surface area contributed by atoms with Crippen LogP contribution in [0.25, 0.3) is 0 Å². The van der Waals surface area contributed by atoms with Crippen LogP contribution in [0.1, 0.15) is 33.6 Å². The highest BCUT2D eigenvalue weighted by molar-refractivity contribution is 4.88. The molecule has 0 amide bonds. The molecule has 0 aliphatic rings. The molecule has 0 fully saturated rings. The largest absolute Gasteiger partial charge is 0.522 e. The molecule has 0 unspecified atom stereocenters. The van der Waals surface area contributed by atoms with Crippen molar-refractivity contribution < 1.29 is 17.9 Å². The Hall–Kier alpha value is -0.330. The third kappa shape index (κ3) is 5.23. The van der Waals surface area contributed by atoms with E-state index in [-0.39, 0.29) is 18.7 Å². The Morgan fingerprint density at radius 2 is 1.65 bits per heavy atom.